The molecule has 4 bridgehead atoms. The van der Waals surface area contributed by atoms with E-state index in [0.29, 0.717) is 5.41 Å². The lowest BCUT2D eigenvalue weighted by molar-refractivity contribution is -0.0265. The Labute approximate surface area is 220 Å². The first kappa shape index (κ1) is 24.7. The zero-order valence-corrected chi connectivity index (χ0v) is 23.9. The molecule has 0 radical (unpaired) electrons. The van der Waals surface area contributed by atoms with Gasteiger partial charge in [-0.05, 0) is 101 Å². The van der Waals surface area contributed by atoms with Crippen LogP contribution in [0.5, 0.6) is 0 Å². The molecule has 5 fully saturated rings. The topological polar surface area (TPSA) is 18.5 Å². The van der Waals surface area contributed by atoms with E-state index in [1.54, 1.807) is 5.20 Å². The Hall–Kier alpha value is -1.62. The van der Waals surface area contributed by atoms with E-state index in [-0.39, 0.29) is 18.3 Å². The Morgan fingerprint density at radius 2 is 1.28 bits per heavy atom. The summed E-state index contributed by atoms with van der Waals surface area (Å²) in [6.07, 6.45) is 11.2. The number of benzene rings is 2. The van der Waals surface area contributed by atoms with E-state index < -0.39 is 8.07 Å². The Bertz CT molecular complexity index is 1070. The number of allylic oxidation sites excluding steroid dienone is 1. The normalized spacial score (nSPS) is 34.1. The van der Waals surface area contributed by atoms with Crippen molar-refractivity contribution in [2.75, 3.05) is 0 Å². The first-order chi connectivity index (χ1) is 17.1. The van der Waals surface area contributed by atoms with E-state index in [0.717, 1.165) is 23.7 Å². The van der Waals surface area contributed by atoms with Crippen LogP contribution in [0.25, 0.3) is 6.08 Å². The van der Waals surface area contributed by atoms with E-state index in [1.165, 1.54) is 49.3 Å². The Kier molecular flexibility index (Phi) is 5.98. The van der Waals surface area contributed by atoms with Crippen molar-refractivity contribution in [1.82, 2.24) is 0 Å². The summed E-state index contributed by atoms with van der Waals surface area (Å²) in [6.45, 7) is 11.4. The molecule has 5 aliphatic rings. The maximum absolute atomic E-state index is 6.69. The lowest BCUT2D eigenvalue weighted by atomic mass is 9.49. The molecular formula is C32H43BO2Si. The summed E-state index contributed by atoms with van der Waals surface area (Å²) in [5.41, 5.74) is 1.10. The largest absolute Gasteiger partial charge is 0.455 e. The summed E-state index contributed by atoms with van der Waals surface area (Å²) in [5.74, 6) is 3.73. The summed E-state index contributed by atoms with van der Waals surface area (Å²) in [4.78, 5) is 0. The maximum atomic E-state index is 6.69. The number of rotatable bonds is 6. The molecule has 36 heavy (non-hydrogen) atoms. The van der Waals surface area contributed by atoms with E-state index in [2.05, 4.69) is 101 Å². The molecule has 0 spiro atoms. The predicted octanol–water partition coefficient (Wildman–Crippen LogP) is 7.44. The van der Waals surface area contributed by atoms with Gasteiger partial charge >= 0.3 is 7.12 Å². The van der Waals surface area contributed by atoms with Gasteiger partial charge in [-0.25, -0.2) is 0 Å². The van der Waals surface area contributed by atoms with Crippen molar-refractivity contribution in [1.29, 1.82) is 0 Å². The van der Waals surface area contributed by atoms with Gasteiger partial charge in [0.2, 0.25) is 0 Å². The first-order valence-corrected chi connectivity index (χ1v) is 17.0. The monoisotopic (exact) mass is 498 g/mol. The van der Waals surface area contributed by atoms with E-state index in [9.17, 15) is 0 Å². The lowest BCUT2D eigenvalue weighted by Gasteiger charge is -2.60. The minimum absolute atomic E-state index is 0.167. The second-order valence-corrected chi connectivity index (χ2v) is 17.9. The fourth-order valence-corrected chi connectivity index (χ4v) is 13.1. The minimum atomic E-state index is -2.20. The summed E-state index contributed by atoms with van der Waals surface area (Å²) in [7, 11) is -2.37. The van der Waals surface area contributed by atoms with Crippen molar-refractivity contribution in [3.05, 3.63) is 71.4 Å². The van der Waals surface area contributed by atoms with Crippen LogP contribution in [0.4, 0.5) is 0 Å². The van der Waals surface area contributed by atoms with Crippen LogP contribution in [-0.4, -0.2) is 26.4 Å². The molecule has 4 aliphatic carbocycles. The first-order valence-electron chi connectivity index (χ1n) is 14.3. The van der Waals surface area contributed by atoms with Crippen LogP contribution in [-0.2, 0) is 9.31 Å². The van der Waals surface area contributed by atoms with Crippen molar-refractivity contribution < 1.29 is 9.31 Å². The fourth-order valence-electron chi connectivity index (χ4n) is 8.63. The SMILES string of the molecule is CC1(C)OB(C[Si](C)(/C(=C/c2ccccc2)C23CC4CC(CC(C4)C2)C3)c2ccccc2)OC1(C)C. The van der Waals surface area contributed by atoms with Crippen LogP contribution < -0.4 is 5.19 Å². The van der Waals surface area contributed by atoms with Gasteiger partial charge in [0.15, 0.2) is 0 Å². The molecule has 2 aromatic carbocycles. The molecule has 2 nitrogen and oxygen atoms in total. The fraction of sp³-hybridized carbons (Fsp3) is 0.562. The molecule has 7 rings (SSSR count). The van der Waals surface area contributed by atoms with Gasteiger partial charge in [0.25, 0.3) is 0 Å². The van der Waals surface area contributed by atoms with Crippen LogP contribution in [0.3, 0.4) is 0 Å². The molecule has 0 aromatic heterocycles. The molecule has 2 aromatic rings. The van der Waals surface area contributed by atoms with E-state index in [1.807, 2.05) is 0 Å². The van der Waals surface area contributed by atoms with Crippen LogP contribution in [0.2, 0.25) is 12.5 Å². The molecule has 0 amide bonds. The van der Waals surface area contributed by atoms with Gasteiger partial charge in [-0.15, -0.1) is 0 Å². The summed E-state index contributed by atoms with van der Waals surface area (Å²) in [5, 5.41) is 3.29. The number of hydrogen-bond acceptors (Lipinski definition) is 2. The molecule has 1 unspecified atom stereocenters. The highest BCUT2D eigenvalue weighted by Crippen LogP contribution is 2.64. The standard InChI is InChI=1S/C32H43BO2Si/c1-30(2)31(3,4)35-33(34-30)23-36(5,28-14-10-7-11-15-28)29(19-24-12-8-6-9-13-24)32-20-25-16-26(21-32)18-27(17-25)22-32/h6-15,19,25-27H,16-18,20-23H2,1-5H3/b29-19+. The predicted molar refractivity (Wildman–Crippen MR) is 154 cm³/mol. The van der Waals surface area contributed by atoms with E-state index in [4.69, 9.17) is 9.31 Å². The average Bonchev–Trinajstić information content (AvgIpc) is 3.03. The smallest absolute Gasteiger partial charge is 0.403 e. The number of hydrogen-bond donors (Lipinski definition) is 0. The van der Waals surface area contributed by atoms with Gasteiger partial charge < -0.3 is 9.31 Å². The zero-order valence-electron chi connectivity index (χ0n) is 22.9. The molecule has 4 heteroatoms. The Morgan fingerprint density at radius 1 is 0.806 bits per heavy atom. The van der Waals surface area contributed by atoms with Gasteiger partial charge in [-0.1, -0.05) is 83.7 Å². The van der Waals surface area contributed by atoms with Crippen molar-refractivity contribution in [3.8, 4) is 0 Å². The van der Waals surface area contributed by atoms with Crippen LogP contribution >= 0.6 is 0 Å². The van der Waals surface area contributed by atoms with Gasteiger partial charge in [-0.3, -0.25) is 0 Å². The third kappa shape index (κ3) is 4.18. The van der Waals surface area contributed by atoms with Crippen LogP contribution in [0.15, 0.2) is 65.9 Å². The molecule has 1 atom stereocenters. The molecule has 1 saturated heterocycles. The highest BCUT2D eigenvalue weighted by Gasteiger charge is 2.59. The summed E-state index contributed by atoms with van der Waals surface area (Å²) >= 11 is 0. The third-order valence-corrected chi connectivity index (χ3v) is 15.2. The quantitative estimate of drug-likeness (QED) is 0.385. The molecule has 190 valence electrons. The third-order valence-electron chi connectivity index (χ3n) is 10.6. The lowest BCUT2D eigenvalue weighted by Crippen LogP contribution is -2.58. The summed E-state index contributed by atoms with van der Waals surface area (Å²) < 4.78 is 13.4. The van der Waals surface area contributed by atoms with Gasteiger partial charge in [-0.2, -0.15) is 0 Å². The van der Waals surface area contributed by atoms with E-state index >= 15 is 0 Å². The minimum Gasteiger partial charge on any atom is -0.403 e. The summed E-state index contributed by atoms with van der Waals surface area (Å²) in [6, 6.07) is 22.6. The highest BCUT2D eigenvalue weighted by atomic mass is 28.3. The van der Waals surface area contributed by atoms with Crippen LogP contribution in [0, 0.1) is 23.2 Å². The van der Waals surface area contributed by atoms with Crippen molar-refractivity contribution in [3.63, 3.8) is 0 Å². The second kappa shape index (κ2) is 8.71. The molecule has 1 heterocycles. The van der Waals surface area contributed by atoms with Crippen molar-refractivity contribution in [2.45, 2.75) is 89.9 Å². The molecular weight excluding hydrogens is 455 g/mol. The van der Waals surface area contributed by atoms with Gasteiger partial charge in [0, 0.05) is 0 Å². The average molecular weight is 499 g/mol. The van der Waals surface area contributed by atoms with Gasteiger partial charge in [0.1, 0.15) is 8.07 Å². The highest BCUT2D eigenvalue weighted by molar-refractivity contribution is 7.02. The second-order valence-electron chi connectivity index (χ2n) is 13.8. The van der Waals surface area contributed by atoms with Gasteiger partial charge in [0.05, 0.1) is 11.2 Å². The van der Waals surface area contributed by atoms with Crippen molar-refractivity contribution >= 4 is 26.5 Å². The van der Waals surface area contributed by atoms with Crippen molar-refractivity contribution in [2.24, 2.45) is 23.2 Å². The van der Waals surface area contributed by atoms with Crippen LogP contribution in [0.1, 0.15) is 71.8 Å². The zero-order chi connectivity index (χ0) is 25.2. The Morgan fingerprint density at radius 3 is 1.78 bits per heavy atom. The maximum Gasteiger partial charge on any atom is 0.455 e. The Balaban J connectivity index is 1.49. The molecule has 0 N–H and O–H groups in total. The molecule has 1 aliphatic heterocycles. The molecule has 4 saturated carbocycles.